The van der Waals surface area contributed by atoms with E-state index in [2.05, 4.69) is 31.2 Å². The van der Waals surface area contributed by atoms with Gasteiger partial charge in [0.1, 0.15) is 6.61 Å². The van der Waals surface area contributed by atoms with E-state index in [1.807, 2.05) is 54.6 Å². The monoisotopic (exact) mass is 349 g/mol. The van der Waals surface area contributed by atoms with Gasteiger partial charge in [-0.1, -0.05) is 74.1 Å². The van der Waals surface area contributed by atoms with Crippen LogP contribution in [0.1, 0.15) is 42.4 Å². The molecule has 0 saturated heterocycles. The summed E-state index contributed by atoms with van der Waals surface area (Å²) in [6, 6.07) is 20.8. The Morgan fingerprint density at radius 1 is 1.04 bits per heavy atom. The molecule has 1 N–H and O–H groups in total. The maximum atomic E-state index is 12.5. The van der Waals surface area contributed by atoms with Crippen LogP contribution in [0.2, 0.25) is 0 Å². The number of anilines is 1. The fourth-order valence-electron chi connectivity index (χ4n) is 2.40. The van der Waals surface area contributed by atoms with Crippen molar-refractivity contribution < 1.29 is 9.63 Å². The summed E-state index contributed by atoms with van der Waals surface area (Å²) in [4.78, 5) is 19.7. The SMILES string of the molecule is CC(C)(C)c1cc(NC(=O)c2ccccc2)n(OCc2ccccc2)n1. The van der Waals surface area contributed by atoms with Crippen LogP contribution in [0, 0.1) is 0 Å². The largest absolute Gasteiger partial charge is 0.390 e. The number of hydrogen-bond donors (Lipinski definition) is 1. The van der Waals surface area contributed by atoms with Gasteiger partial charge in [0.25, 0.3) is 5.91 Å². The lowest BCUT2D eigenvalue weighted by Crippen LogP contribution is -2.20. The van der Waals surface area contributed by atoms with E-state index in [0.29, 0.717) is 18.0 Å². The van der Waals surface area contributed by atoms with Gasteiger partial charge in [-0.25, -0.2) is 0 Å². The average Bonchev–Trinajstić information content (AvgIpc) is 3.05. The minimum Gasteiger partial charge on any atom is -0.390 e. The molecule has 134 valence electrons. The molecule has 26 heavy (non-hydrogen) atoms. The van der Waals surface area contributed by atoms with Gasteiger partial charge < -0.3 is 10.2 Å². The van der Waals surface area contributed by atoms with Crippen LogP contribution < -0.4 is 10.2 Å². The molecule has 0 aliphatic heterocycles. The summed E-state index contributed by atoms with van der Waals surface area (Å²) in [5.41, 5.74) is 2.29. The summed E-state index contributed by atoms with van der Waals surface area (Å²) < 4.78 is 0. The summed E-state index contributed by atoms with van der Waals surface area (Å²) in [6.07, 6.45) is 0. The van der Waals surface area contributed by atoms with Crippen molar-refractivity contribution in [2.75, 3.05) is 5.32 Å². The van der Waals surface area contributed by atoms with Gasteiger partial charge in [-0.15, -0.1) is 5.10 Å². The lowest BCUT2D eigenvalue weighted by atomic mass is 9.92. The van der Waals surface area contributed by atoms with E-state index in [1.54, 1.807) is 12.1 Å². The maximum absolute atomic E-state index is 12.5. The maximum Gasteiger partial charge on any atom is 0.256 e. The van der Waals surface area contributed by atoms with Crippen molar-refractivity contribution in [3.8, 4) is 0 Å². The molecule has 0 atom stereocenters. The van der Waals surface area contributed by atoms with Crippen molar-refractivity contribution in [2.45, 2.75) is 32.8 Å². The number of nitrogens with zero attached hydrogens (tertiary/aromatic N) is 2. The van der Waals surface area contributed by atoms with Gasteiger partial charge in [0.05, 0.1) is 5.69 Å². The van der Waals surface area contributed by atoms with Gasteiger partial charge in [0.2, 0.25) is 0 Å². The number of benzene rings is 2. The summed E-state index contributed by atoms with van der Waals surface area (Å²) in [5, 5.41) is 7.42. The number of hydrogen-bond acceptors (Lipinski definition) is 3. The van der Waals surface area contributed by atoms with Crippen LogP contribution in [0.5, 0.6) is 0 Å². The molecule has 3 aromatic rings. The molecule has 0 bridgehead atoms. The molecule has 0 radical (unpaired) electrons. The Morgan fingerprint density at radius 3 is 2.27 bits per heavy atom. The topological polar surface area (TPSA) is 56.2 Å². The van der Waals surface area contributed by atoms with E-state index in [1.165, 1.54) is 4.85 Å². The molecule has 5 nitrogen and oxygen atoms in total. The third kappa shape index (κ3) is 4.30. The first kappa shape index (κ1) is 17.7. The van der Waals surface area contributed by atoms with Crippen LogP contribution >= 0.6 is 0 Å². The van der Waals surface area contributed by atoms with E-state index in [0.717, 1.165) is 11.3 Å². The molecule has 0 saturated carbocycles. The average molecular weight is 349 g/mol. The highest BCUT2D eigenvalue weighted by atomic mass is 16.7. The first-order chi connectivity index (χ1) is 12.4. The van der Waals surface area contributed by atoms with E-state index in [9.17, 15) is 4.79 Å². The van der Waals surface area contributed by atoms with Gasteiger partial charge in [-0.3, -0.25) is 4.79 Å². The van der Waals surface area contributed by atoms with Crippen LogP contribution in [0.25, 0.3) is 0 Å². The van der Waals surface area contributed by atoms with Crippen molar-refractivity contribution >= 4 is 11.7 Å². The van der Waals surface area contributed by atoms with Crippen LogP contribution in [0.4, 0.5) is 5.82 Å². The molecule has 0 spiro atoms. The van der Waals surface area contributed by atoms with E-state index in [-0.39, 0.29) is 11.3 Å². The van der Waals surface area contributed by atoms with Gasteiger partial charge in [-0.05, 0) is 17.7 Å². The van der Waals surface area contributed by atoms with E-state index < -0.39 is 0 Å². The summed E-state index contributed by atoms with van der Waals surface area (Å²) in [7, 11) is 0. The lowest BCUT2D eigenvalue weighted by Gasteiger charge is -2.14. The van der Waals surface area contributed by atoms with Crippen LogP contribution in [-0.2, 0) is 12.0 Å². The Balaban J connectivity index is 1.82. The second kappa shape index (κ2) is 7.44. The van der Waals surface area contributed by atoms with Gasteiger partial charge in [-0.2, -0.15) is 0 Å². The van der Waals surface area contributed by atoms with Crippen LogP contribution in [-0.4, -0.2) is 15.9 Å². The second-order valence-corrected chi connectivity index (χ2v) is 7.12. The van der Waals surface area contributed by atoms with Gasteiger partial charge in [0, 0.05) is 17.0 Å². The molecular formula is C21H23N3O2. The quantitative estimate of drug-likeness (QED) is 0.756. The molecule has 1 heterocycles. The zero-order valence-electron chi connectivity index (χ0n) is 15.3. The number of amides is 1. The first-order valence-electron chi connectivity index (χ1n) is 8.57. The van der Waals surface area contributed by atoms with Crippen LogP contribution in [0.3, 0.4) is 0 Å². The molecule has 1 amide bonds. The minimum absolute atomic E-state index is 0.159. The minimum atomic E-state index is -0.199. The standard InChI is InChI=1S/C21H23N3O2/c1-21(2,3)18-14-19(22-20(25)17-12-8-5-9-13-17)24(23-18)26-15-16-10-6-4-7-11-16/h4-14H,15H2,1-3H3,(H,22,25). The lowest BCUT2D eigenvalue weighted by molar-refractivity contribution is 0.0718. The fourth-order valence-corrected chi connectivity index (χ4v) is 2.40. The van der Waals surface area contributed by atoms with Crippen molar-refractivity contribution in [3.63, 3.8) is 0 Å². The third-order valence-corrected chi connectivity index (χ3v) is 3.92. The predicted molar refractivity (Wildman–Crippen MR) is 102 cm³/mol. The van der Waals surface area contributed by atoms with Crippen LogP contribution in [0.15, 0.2) is 66.7 Å². The molecule has 3 rings (SSSR count). The zero-order valence-corrected chi connectivity index (χ0v) is 15.3. The molecule has 0 aliphatic rings. The Labute approximate surface area is 153 Å². The molecule has 5 heteroatoms. The number of rotatable bonds is 5. The first-order valence-corrected chi connectivity index (χ1v) is 8.57. The van der Waals surface area contributed by atoms with Gasteiger partial charge in [0.15, 0.2) is 5.82 Å². The summed E-state index contributed by atoms with van der Waals surface area (Å²) in [6.45, 7) is 6.57. The molecule has 2 aromatic carbocycles. The fraction of sp³-hybridized carbons (Fsp3) is 0.238. The molecule has 0 aliphatic carbocycles. The Bertz CT molecular complexity index is 865. The second-order valence-electron chi connectivity index (χ2n) is 7.12. The molecule has 0 unspecified atom stereocenters. The third-order valence-electron chi connectivity index (χ3n) is 3.92. The normalized spacial score (nSPS) is 11.2. The summed E-state index contributed by atoms with van der Waals surface area (Å²) >= 11 is 0. The smallest absolute Gasteiger partial charge is 0.256 e. The van der Waals surface area contributed by atoms with Crippen molar-refractivity contribution in [1.29, 1.82) is 0 Å². The predicted octanol–water partition coefficient (Wildman–Crippen LogP) is 4.06. The van der Waals surface area contributed by atoms with Crippen molar-refractivity contribution in [2.24, 2.45) is 0 Å². The number of carbonyl (C=O) groups is 1. The molecule has 1 aromatic heterocycles. The Morgan fingerprint density at radius 2 is 1.65 bits per heavy atom. The number of carbonyl (C=O) groups excluding carboxylic acids is 1. The number of aromatic nitrogens is 2. The van der Waals surface area contributed by atoms with Gasteiger partial charge >= 0.3 is 0 Å². The Kier molecular flexibility index (Phi) is 5.07. The Hall–Kier alpha value is -3.08. The molecule has 0 fully saturated rings. The van der Waals surface area contributed by atoms with E-state index in [4.69, 9.17) is 4.84 Å². The summed E-state index contributed by atoms with van der Waals surface area (Å²) in [5.74, 6) is 0.315. The highest BCUT2D eigenvalue weighted by molar-refractivity contribution is 6.03. The van der Waals surface area contributed by atoms with Crippen molar-refractivity contribution in [1.82, 2.24) is 9.94 Å². The zero-order chi connectivity index (χ0) is 18.6. The molecular weight excluding hydrogens is 326 g/mol. The van der Waals surface area contributed by atoms with Crippen molar-refractivity contribution in [3.05, 3.63) is 83.6 Å². The van der Waals surface area contributed by atoms with E-state index >= 15 is 0 Å². The highest BCUT2D eigenvalue weighted by Gasteiger charge is 2.22. The number of nitrogens with one attached hydrogen (secondary N) is 1. The highest BCUT2D eigenvalue weighted by Crippen LogP contribution is 2.24.